The zero-order chi connectivity index (χ0) is 11.4. The highest BCUT2D eigenvalue weighted by Gasteiger charge is 2.16. The summed E-state index contributed by atoms with van der Waals surface area (Å²) in [4.78, 5) is 0. The predicted molar refractivity (Wildman–Crippen MR) is 67.7 cm³/mol. The quantitative estimate of drug-likeness (QED) is 0.700. The van der Waals surface area contributed by atoms with E-state index in [9.17, 15) is 0 Å². The molecule has 1 aliphatic rings. The lowest BCUT2D eigenvalue weighted by molar-refractivity contribution is 0.126. The van der Waals surface area contributed by atoms with Crippen LogP contribution in [0.25, 0.3) is 0 Å². The molecule has 86 valence electrons. The largest absolute Gasteiger partial charge is 0.377 e. The summed E-state index contributed by atoms with van der Waals surface area (Å²) in [6, 6.07) is 9.01. The summed E-state index contributed by atoms with van der Waals surface area (Å²) >= 11 is 0. The third-order valence-electron chi connectivity index (χ3n) is 3.44. The molecule has 1 aliphatic carbocycles. The van der Waals surface area contributed by atoms with Crippen LogP contribution in [0.2, 0.25) is 0 Å². The number of aryl methyl sites for hydroxylation is 1. The first-order valence-corrected chi connectivity index (χ1v) is 6.13. The highest BCUT2D eigenvalue weighted by molar-refractivity contribution is 5.29. The molecular weight excluding hydrogens is 196 g/mol. The van der Waals surface area contributed by atoms with E-state index in [2.05, 4.69) is 43.3 Å². The molecule has 0 aromatic heterocycles. The first-order valence-electron chi connectivity index (χ1n) is 6.13. The maximum atomic E-state index is 5.33. The van der Waals surface area contributed by atoms with Gasteiger partial charge in [-0.05, 0) is 30.4 Å². The zero-order valence-electron chi connectivity index (χ0n) is 10.1. The van der Waals surface area contributed by atoms with Crippen LogP contribution in [0.1, 0.15) is 36.8 Å². The Morgan fingerprint density at radius 1 is 1.12 bits per heavy atom. The molecule has 2 unspecified atom stereocenters. The summed E-state index contributed by atoms with van der Waals surface area (Å²) in [5.41, 5.74) is 2.85. The number of hydrogen-bond donors (Lipinski definition) is 0. The smallest absolute Gasteiger partial charge is 0.0752 e. The van der Waals surface area contributed by atoms with Crippen molar-refractivity contribution in [2.24, 2.45) is 0 Å². The van der Waals surface area contributed by atoms with Gasteiger partial charge in [-0.3, -0.25) is 0 Å². The molecule has 0 heterocycles. The molecule has 0 bridgehead atoms. The van der Waals surface area contributed by atoms with Crippen LogP contribution in [0.5, 0.6) is 0 Å². The Bertz CT molecular complexity index is 350. The number of ether oxygens (including phenoxy) is 1. The van der Waals surface area contributed by atoms with Gasteiger partial charge in [-0.15, -0.1) is 0 Å². The second-order valence-corrected chi connectivity index (χ2v) is 4.44. The molecule has 2 rings (SSSR count). The van der Waals surface area contributed by atoms with Gasteiger partial charge in [0, 0.05) is 13.0 Å². The van der Waals surface area contributed by atoms with Crippen molar-refractivity contribution < 1.29 is 4.74 Å². The van der Waals surface area contributed by atoms with Crippen molar-refractivity contribution in [1.29, 1.82) is 0 Å². The van der Waals surface area contributed by atoms with E-state index in [1.807, 2.05) is 0 Å². The summed E-state index contributed by atoms with van der Waals surface area (Å²) in [5, 5.41) is 0. The Hall–Kier alpha value is -1.08. The Balaban J connectivity index is 2.07. The zero-order valence-corrected chi connectivity index (χ0v) is 10.1. The van der Waals surface area contributed by atoms with E-state index >= 15 is 0 Å². The first-order chi connectivity index (χ1) is 7.83. The van der Waals surface area contributed by atoms with Gasteiger partial charge in [0.25, 0.3) is 0 Å². The molecule has 16 heavy (non-hydrogen) atoms. The number of allylic oxidation sites excluding steroid dienone is 1. The van der Waals surface area contributed by atoms with E-state index in [1.54, 1.807) is 7.11 Å². The summed E-state index contributed by atoms with van der Waals surface area (Å²) < 4.78 is 5.33. The van der Waals surface area contributed by atoms with E-state index in [1.165, 1.54) is 17.5 Å². The van der Waals surface area contributed by atoms with Crippen LogP contribution in [0.4, 0.5) is 0 Å². The van der Waals surface area contributed by atoms with Crippen LogP contribution in [-0.2, 0) is 11.2 Å². The van der Waals surface area contributed by atoms with Crippen molar-refractivity contribution in [3.8, 4) is 0 Å². The van der Waals surface area contributed by atoms with Gasteiger partial charge < -0.3 is 4.74 Å². The molecular formula is C15H20O. The van der Waals surface area contributed by atoms with E-state index in [-0.39, 0.29) is 0 Å². The minimum atomic E-state index is 0.325. The second-order valence-electron chi connectivity index (χ2n) is 4.44. The third-order valence-corrected chi connectivity index (χ3v) is 3.44. The third kappa shape index (κ3) is 2.53. The van der Waals surface area contributed by atoms with Crippen molar-refractivity contribution in [2.45, 2.75) is 38.2 Å². The van der Waals surface area contributed by atoms with Crippen molar-refractivity contribution in [3.63, 3.8) is 0 Å². The lowest BCUT2D eigenvalue weighted by Crippen LogP contribution is -2.13. The normalized spacial score (nSPS) is 24.6. The highest BCUT2D eigenvalue weighted by Crippen LogP contribution is 2.28. The van der Waals surface area contributed by atoms with Crippen LogP contribution in [-0.4, -0.2) is 13.2 Å². The highest BCUT2D eigenvalue weighted by atomic mass is 16.5. The van der Waals surface area contributed by atoms with Crippen molar-refractivity contribution in [2.75, 3.05) is 7.11 Å². The molecule has 1 heteroatoms. The second kappa shape index (κ2) is 5.31. The molecule has 0 radical (unpaired) electrons. The van der Waals surface area contributed by atoms with Gasteiger partial charge >= 0.3 is 0 Å². The molecule has 0 spiro atoms. The summed E-state index contributed by atoms with van der Waals surface area (Å²) in [6.45, 7) is 2.19. The van der Waals surface area contributed by atoms with Gasteiger partial charge in [0.2, 0.25) is 0 Å². The van der Waals surface area contributed by atoms with Crippen LogP contribution in [0.3, 0.4) is 0 Å². The average Bonchev–Trinajstić information content (AvgIpc) is 2.39. The van der Waals surface area contributed by atoms with Gasteiger partial charge in [-0.2, -0.15) is 0 Å². The van der Waals surface area contributed by atoms with E-state index in [0.717, 1.165) is 12.8 Å². The van der Waals surface area contributed by atoms with Gasteiger partial charge in [0.05, 0.1) is 6.10 Å². The van der Waals surface area contributed by atoms with E-state index < -0.39 is 0 Å². The van der Waals surface area contributed by atoms with Crippen molar-refractivity contribution in [3.05, 3.63) is 47.5 Å². The topological polar surface area (TPSA) is 9.23 Å². The van der Waals surface area contributed by atoms with Gasteiger partial charge in [-0.1, -0.05) is 43.3 Å². The average molecular weight is 216 g/mol. The summed E-state index contributed by atoms with van der Waals surface area (Å²) in [5.74, 6) is 0.581. The van der Waals surface area contributed by atoms with E-state index in [4.69, 9.17) is 4.74 Å². The van der Waals surface area contributed by atoms with Crippen molar-refractivity contribution in [1.82, 2.24) is 0 Å². The monoisotopic (exact) mass is 216 g/mol. The van der Waals surface area contributed by atoms with Crippen LogP contribution < -0.4 is 0 Å². The number of benzene rings is 1. The molecule has 2 atom stereocenters. The molecule has 0 saturated heterocycles. The van der Waals surface area contributed by atoms with E-state index in [0.29, 0.717) is 12.0 Å². The molecule has 0 N–H and O–H groups in total. The Morgan fingerprint density at radius 2 is 1.88 bits per heavy atom. The lowest BCUT2D eigenvalue weighted by atomic mass is 9.88. The maximum Gasteiger partial charge on any atom is 0.0752 e. The number of methoxy groups -OCH3 is 1. The van der Waals surface area contributed by atoms with Crippen LogP contribution in [0, 0.1) is 0 Å². The number of hydrogen-bond acceptors (Lipinski definition) is 1. The minimum absolute atomic E-state index is 0.325. The van der Waals surface area contributed by atoms with Gasteiger partial charge in [0.15, 0.2) is 0 Å². The molecule has 1 aromatic rings. The fraction of sp³-hybridized carbons (Fsp3) is 0.467. The Kier molecular flexibility index (Phi) is 3.79. The molecule has 0 saturated carbocycles. The molecule has 0 fully saturated rings. The fourth-order valence-electron chi connectivity index (χ4n) is 2.27. The standard InChI is InChI=1S/C15H20O/c1-3-12-4-6-13(7-5-12)14-8-10-15(16-2)11-9-14/h4-8,10,14-15H,3,9,11H2,1-2H3. The SMILES string of the molecule is CCc1ccc(C2C=CC(OC)CC2)cc1. The number of rotatable bonds is 3. The van der Waals surface area contributed by atoms with Crippen molar-refractivity contribution >= 4 is 0 Å². The van der Waals surface area contributed by atoms with Gasteiger partial charge in [-0.25, -0.2) is 0 Å². The summed E-state index contributed by atoms with van der Waals surface area (Å²) in [7, 11) is 1.78. The van der Waals surface area contributed by atoms with Gasteiger partial charge in [0.1, 0.15) is 0 Å². The molecule has 0 aliphatic heterocycles. The minimum Gasteiger partial charge on any atom is -0.377 e. The van der Waals surface area contributed by atoms with Crippen LogP contribution in [0.15, 0.2) is 36.4 Å². The molecule has 1 aromatic carbocycles. The molecule has 1 nitrogen and oxygen atoms in total. The Morgan fingerprint density at radius 3 is 2.38 bits per heavy atom. The van der Waals surface area contributed by atoms with Crippen LogP contribution >= 0.6 is 0 Å². The summed E-state index contributed by atoms with van der Waals surface area (Å²) in [6.07, 6.45) is 8.26. The molecule has 0 amide bonds. The lowest BCUT2D eigenvalue weighted by Gasteiger charge is -2.22. The maximum absolute atomic E-state index is 5.33. The Labute approximate surface area is 98.1 Å². The first kappa shape index (κ1) is 11.4. The predicted octanol–water partition coefficient (Wildman–Crippen LogP) is 3.70. The fourth-order valence-corrected chi connectivity index (χ4v) is 2.27.